The molecule has 3 heterocycles. The third-order valence-electron chi connectivity index (χ3n) is 6.71. The third kappa shape index (κ3) is 6.12. The highest BCUT2D eigenvalue weighted by atomic mass is 19.4. The van der Waals surface area contributed by atoms with Crippen LogP contribution in [-0.4, -0.2) is 70.6 Å². The number of nitrogens with one attached hydrogen (secondary N) is 1. The van der Waals surface area contributed by atoms with Gasteiger partial charge in [0, 0.05) is 61.6 Å². The van der Waals surface area contributed by atoms with Crippen LogP contribution in [0.2, 0.25) is 0 Å². The molecule has 2 aromatic heterocycles. The number of benzene rings is 2. The van der Waals surface area contributed by atoms with E-state index in [2.05, 4.69) is 25.3 Å². The number of piperazine rings is 1. The molecule has 0 unspecified atom stereocenters. The number of alkyl halides is 3. The van der Waals surface area contributed by atoms with E-state index in [4.69, 9.17) is 4.74 Å². The summed E-state index contributed by atoms with van der Waals surface area (Å²) >= 11 is 0. The van der Waals surface area contributed by atoms with Crippen molar-refractivity contribution in [2.45, 2.75) is 19.5 Å². The van der Waals surface area contributed by atoms with E-state index in [1.807, 2.05) is 48.2 Å². The van der Waals surface area contributed by atoms with Crippen LogP contribution in [0.15, 0.2) is 54.9 Å². The number of hydrogen-bond donors (Lipinski definition) is 1. The Hall–Kier alpha value is -4.32. The molecule has 12 heteroatoms. The van der Waals surface area contributed by atoms with Crippen LogP contribution < -0.4 is 15.0 Å². The molecule has 2 aromatic carbocycles. The summed E-state index contributed by atoms with van der Waals surface area (Å²) in [6.07, 6.45) is -0.991. The zero-order chi connectivity index (χ0) is 28.3. The maximum Gasteiger partial charge on any atom is 0.433 e. The van der Waals surface area contributed by atoms with Crippen molar-refractivity contribution in [3.8, 4) is 17.0 Å². The van der Waals surface area contributed by atoms with E-state index in [-0.39, 0.29) is 18.4 Å². The first kappa shape index (κ1) is 27.3. The highest BCUT2D eigenvalue weighted by Gasteiger charge is 2.33. The fourth-order valence-electron chi connectivity index (χ4n) is 4.60. The minimum absolute atomic E-state index is 0.0344. The first-order chi connectivity index (χ1) is 19.2. The van der Waals surface area contributed by atoms with E-state index in [0.29, 0.717) is 44.0 Å². The Kier molecular flexibility index (Phi) is 7.78. The van der Waals surface area contributed by atoms with Crippen LogP contribution in [0.1, 0.15) is 18.4 Å². The summed E-state index contributed by atoms with van der Waals surface area (Å²) in [7, 11) is 1.59. The number of ether oxygens (including phenoxy) is 1. The van der Waals surface area contributed by atoms with Crippen molar-refractivity contribution in [2.24, 2.45) is 0 Å². The number of halogens is 3. The second-order valence-electron chi connectivity index (χ2n) is 9.37. The Morgan fingerprint density at radius 1 is 1.00 bits per heavy atom. The van der Waals surface area contributed by atoms with E-state index in [0.717, 1.165) is 40.1 Å². The molecule has 1 amide bonds. The van der Waals surface area contributed by atoms with Gasteiger partial charge in [0.2, 0.25) is 11.9 Å². The first-order valence-electron chi connectivity index (χ1n) is 12.8. The van der Waals surface area contributed by atoms with Gasteiger partial charge in [0.15, 0.2) is 0 Å². The molecule has 40 heavy (non-hydrogen) atoms. The second-order valence-corrected chi connectivity index (χ2v) is 9.37. The molecule has 208 valence electrons. The van der Waals surface area contributed by atoms with Gasteiger partial charge >= 0.3 is 6.18 Å². The number of rotatable bonds is 7. The van der Waals surface area contributed by atoms with Gasteiger partial charge in [0.05, 0.1) is 19.3 Å². The van der Waals surface area contributed by atoms with Gasteiger partial charge in [0.1, 0.15) is 17.3 Å². The van der Waals surface area contributed by atoms with E-state index < -0.39 is 11.9 Å². The Morgan fingerprint density at radius 3 is 2.50 bits per heavy atom. The van der Waals surface area contributed by atoms with Gasteiger partial charge in [0.25, 0.3) is 0 Å². The van der Waals surface area contributed by atoms with E-state index in [9.17, 15) is 18.0 Å². The highest BCUT2D eigenvalue weighted by molar-refractivity contribution is 6.05. The molecule has 0 bridgehead atoms. The van der Waals surface area contributed by atoms with Crippen molar-refractivity contribution in [2.75, 3.05) is 50.1 Å². The summed E-state index contributed by atoms with van der Waals surface area (Å²) in [5.74, 6) is 1.22. The maximum absolute atomic E-state index is 13.2. The van der Waals surface area contributed by atoms with Crippen LogP contribution in [0.5, 0.6) is 5.75 Å². The molecule has 5 rings (SSSR count). The van der Waals surface area contributed by atoms with Gasteiger partial charge in [-0.15, -0.1) is 0 Å². The van der Waals surface area contributed by atoms with Gasteiger partial charge in [-0.2, -0.15) is 13.2 Å². The summed E-state index contributed by atoms with van der Waals surface area (Å²) in [4.78, 5) is 33.4. The lowest BCUT2D eigenvalue weighted by atomic mass is 10.0. The second kappa shape index (κ2) is 11.4. The standard InChI is InChI=1S/C28H28F3N7O2/c1-3-25-32-8-6-22(34-25)19-14-18-4-5-20(40-2)16-21(18)23(15-19)35-26(39)17-37-10-12-38(13-11-37)27-33-9-7-24(36-27)28(29,30)31/h4-9,14-16H,3,10-13,17H2,1-2H3,(H,35,39). The largest absolute Gasteiger partial charge is 0.497 e. The number of fused-ring (bicyclic) bond motifs is 1. The quantitative estimate of drug-likeness (QED) is 0.360. The molecule has 1 N–H and O–H groups in total. The number of aryl methyl sites for hydroxylation is 1. The van der Waals surface area contributed by atoms with Crippen LogP contribution in [0.25, 0.3) is 22.0 Å². The number of methoxy groups -OCH3 is 1. The van der Waals surface area contributed by atoms with Crippen LogP contribution >= 0.6 is 0 Å². The van der Waals surface area contributed by atoms with E-state index in [1.165, 1.54) is 0 Å². The van der Waals surface area contributed by atoms with Crippen molar-refractivity contribution in [3.05, 3.63) is 66.4 Å². The Labute approximate surface area is 229 Å². The molecule has 9 nitrogen and oxygen atoms in total. The molecule has 1 saturated heterocycles. The van der Waals surface area contributed by atoms with Crippen molar-refractivity contribution < 1.29 is 22.7 Å². The van der Waals surface area contributed by atoms with E-state index in [1.54, 1.807) is 18.2 Å². The molecule has 1 aliphatic rings. The Balaban J connectivity index is 1.31. The van der Waals surface area contributed by atoms with Crippen LogP contribution in [0.3, 0.4) is 0 Å². The lowest BCUT2D eigenvalue weighted by Crippen LogP contribution is -2.49. The SMILES string of the molecule is CCc1nccc(-c2cc(NC(=O)CN3CCN(c4nccc(C(F)(F)F)n4)CC3)c3cc(OC)ccc3c2)n1. The van der Waals surface area contributed by atoms with E-state index >= 15 is 0 Å². The molecule has 0 radical (unpaired) electrons. The van der Waals surface area contributed by atoms with Gasteiger partial charge in [-0.05, 0) is 41.8 Å². The van der Waals surface area contributed by atoms with Crippen LogP contribution in [0.4, 0.5) is 24.8 Å². The van der Waals surface area contributed by atoms with Gasteiger partial charge in [-0.1, -0.05) is 13.0 Å². The minimum Gasteiger partial charge on any atom is -0.497 e. The summed E-state index contributed by atoms with van der Waals surface area (Å²) in [6.45, 7) is 3.87. The lowest BCUT2D eigenvalue weighted by molar-refractivity contribution is -0.141. The highest BCUT2D eigenvalue weighted by Crippen LogP contribution is 2.33. The molecule has 4 aromatic rings. The number of carbonyl (C=O) groups excluding carboxylic acids is 1. The zero-order valence-electron chi connectivity index (χ0n) is 22.1. The number of aromatic nitrogens is 4. The van der Waals surface area contributed by atoms with Crippen molar-refractivity contribution in [1.29, 1.82) is 0 Å². The summed E-state index contributed by atoms with van der Waals surface area (Å²) in [5.41, 5.74) is 1.26. The first-order valence-corrected chi connectivity index (χ1v) is 12.8. The molecular weight excluding hydrogens is 523 g/mol. The van der Waals surface area contributed by atoms with Crippen molar-refractivity contribution in [3.63, 3.8) is 0 Å². The van der Waals surface area contributed by atoms with Gasteiger partial charge in [-0.25, -0.2) is 19.9 Å². The average Bonchev–Trinajstić information content (AvgIpc) is 2.97. The predicted molar refractivity (Wildman–Crippen MR) is 145 cm³/mol. The number of anilines is 2. The maximum atomic E-state index is 13.2. The number of nitrogens with zero attached hydrogens (tertiary/aromatic N) is 6. The number of amides is 1. The lowest BCUT2D eigenvalue weighted by Gasteiger charge is -2.34. The fourth-order valence-corrected chi connectivity index (χ4v) is 4.60. The predicted octanol–water partition coefficient (Wildman–Crippen LogP) is 4.44. The average molecular weight is 552 g/mol. The van der Waals surface area contributed by atoms with Gasteiger partial charge < -0.3 is 15.0 Å². The normalized spacial score (nSPS) is 14.4. The Morgan fingerprint density at radius 2 is 1.77 bits per heavy atom. The monoisotopic (exact) mass is 551 g/mol. The third-order valence-corrected chi connectivity index (χ3v) is 6.71. The van der Waals surface area contributed by atoms with Crippen LogP contribution in [-0.2, 0) is 17.4 Å². The zero-order valence-corrected chi connectivity index (χ0v) is 22.1. The van der Waals surface area contributed by atoms with Crippen molar-refractivity contribution >= 4 is 28.3 Å². The molecule has 0 atom stereocenters. The Bertz CT molecular complexity index is 1520. The molecule has 1 aliphatic heterocycles. The topological polar surface area (TPSA) is 96.4 Å². The number of hydrogen-bond acceptors (Lipinski definition) is 8. The molecule has 0 spiro atoms. The van der Waals surface area contributed by atoms with Crippen molar-refractivity contribution in [1.82, 2.24) is 24.8 Å². The minimum atomic E-state index is -4.53. The van der Waals surface area contributed by atoms with Crippen LogP contribution in [0, 0.1) is 0 Å². The fraction of sp³-hybridized carbons (Fsp3) is 0.321. The van der Waals surface area contributed by atoms with Gasteiger partial charge in [-0.3, -0.25) is 9.69 Å². The summed E-state index contributed by atoms with van der Waals surface area (Å²) in [6, 6.07) is 12.3. The molecule has 0 aliphatic carbocycles. The molecule has 1 fully saturated rings. The summed E-state index contributed by atoms with van der Waals surface area (Å²) in [5, 5.41) is 4.79. The molecular formula is C28H28F3N7O2. The summed E-state index contributed by atoms with van der Waals surface area (Å²) < 4.78 is 44.5. The smallest absolute Gasteiger partial charge is 0.433 e. The number of carbonyl (C=O) groups is 1. The molecule has 0 saturated carbocycles.